The van der Waals surface area contributed by atoms with Crippen molar-refractivity contribution < 1.29 is 4.79 Å². The van der Waals surface area contributed by atoms with Crippen molar-refractivity contribution in [1.82, 2.24) is 9.78 Å². The van der Waals surface area contributed by atoms with E-state index in [0.29, 0.717) is 17.9 Å². The lowest BCUT2D eigenvalue weighted by atomic mass is 10.2. The summed E-state index contributed by atoms with van der Waals surface area (Å²) in [5, 5.41) is 4.12. The molecule has 0 aliphatic rings. The van der Waals surface area contributed by atoms with Gasteiger partial charge in [0.1, 0.15) is 0 Å². The average molecular weight is 244 g/mol. The van der Waals surface area contributed by atoms with Crippen molar-refractivity contribution in [3.8, 4) is 0 Å². The molecule has 0 saturated carbocycles. The lowest BCUT2D eigenvalue weighted by Gasteiger charge is -2.20. The molecule has 18 heavy (non-hydrogen) atoms. The number of carbonyl (C=O) groups is 1. The van der Waals surface area contributed by atoms with E-state index in [2.05, 4.69) is 5.10 Å². The first-order chi connectivity index (χ1) is 8.61. The molecule has 0 fully saturated rings. The molecule has 0 bridgehead atoms. The molecular weight excluding hydrogens is 228 g/mol. The highest BCUT2D eigenvalue weighted by atomic mass is 16.2. The second kappa shape index (κ2) is 4.91. The van der Waals surface area contributed by atoms with E-state index in [4.69, 9.17) is 5.73 Å². The Morgan fingerprint density at radius 1 is 1.33 bits per heavy atom. The van der Waals surface area contributed by atoms with Crippen LogP contribution in [0.15, 0.2) is 36.5 Å². The first kappa shape index (κ1) is 12.2. The van der Waals surface area contributed by atoms with Crippen molar-refractivity contribution in [2.75, 3.05) is 17.2 Å². The Morgan fingerprint density at radius 2 is 2.00 bits per heavy atom. The first-order valence-electron chi connectivity index (χ1n) is 5.79. The molecule has 0 radical (unpaired) electrons. The van der Waals surface area contributed by atoms with E-state index in [1.54, 1.807) is 41.0 Å². The highest BCUT2D eigenvalue weighted by molar-refractivity contribution is 6.04. The Labute approximate surface area is 106 Å². The van der Waals surface area contributed by atoms with Gasteiger partial charge in [0, 0.05) is 31.2 Å². The number of aromatic nitrogens is 2. The minimum Gasteiger partial charge on any atom is -0.399 e. The fourth-order valence-electron chi connectivity index (χ4n) is 1.77. The number of nitrogens with zero attached hydrogens (tertiary/aromatic N) is 3. The second-order valence-electron chi connectivity index (χ2n) is 4.02. The summed E-state index contributed by atoms with van der Waals surface area (Å²) in [5.41, 5.74) is 7.58. The summed E-state index contributed by atoms with van der Waals surface area (Å²) >= 11 is 0. The maximum atomic E-state index is 12.3. The van der Waals surface area contributed by atoms with E-state index in [1.165, 1.54) is 0 Å². The van der Waals surface area contributed by atoms with Gasteiger partial charge in [-0.25, -0.2) is 0 Å². The largest absolute Gasteiger partial charge is 0.399 e. The van der Waals surface area contributed by atoms with E-state index in [0.717, 1.165) is 5.69 Å². The van der Waals surface area contributed by atoms with Gasteiger partial charge < -0.3 is 10.6 Å². The standard InChI is InChI=1S/C13H16N4O/c1-3-17(11-6-4-10(14)5-7-11)13(18)12-8-9-16(2)15-12/h4-9H,3,14H2,1-2H3. The van der Waals surface area contributed by atoms with E-state index in [9.17, 15) is 4.79 Å². The lowest BCUT2D eigenvalue weighted by Crippen LogP contribution is -2.31. The molecule has 1 heterocycles. The quantitative estimate of drug-likeness (QED) is 0.835. The zero-order chi connectivity index (χ0) is 13.1. The summed E-state index contributed by atoms with van der Waals surface area (Å²) in [6.07, 6.45) is 1.75. The summed E-state index contributed by atoms with van der Waals surface area (Å²) in [6.45, 7) is 2.51. The van der Waals surface area contributed by atoms with Crippen LogP contribution in [0.25, 0.3) is 0 Å². The molecule has 1 aromatic heterocycles. The van der Waals surface area contributed by atoms with Crippen LogP contribution in [0.4, 0.5) is 11.4 Å². The van der Waals surface area contributed by atoms with Crippen molar-refractivity contribution in [2.24, 2.45) is 7.05 Å². The summed E-state index contributed by atoms with van der Waals surface area (Å²) in [4.78, 5) is 14.0. The van der Waals surface area contributed by atoms with Crippen LogP contribution in [0, 0.1) is 0 Å². The summed E-state index contributed by atoms with van der Waals surface area (Å²) < 4.78 is 1.62. The molecule has 1 aromatic carbocycles. The number of hydrogen-bond donors (Lipinski definition) is 1. The molecule has 0 spiro atoms. The first-order valence-corrected chi connectivity index (χ1v) is 5.79. The van der Waals surface area contributed by atoms with Crippen molar-refractivity contribution in [2.45, 2.75) is 6.92 Å². The molecule has 0 unspecified atom stereocenters. The van der Waals surface area contributed by atoms with Crippen LogP contribution in [-0.4, -0.2) is 22.2 Å². The second-order valence-corrected chi connectivity index (χ2v) is 4.02. The lowest BCUT2D eigenvalue weighted by molar-refractivity contribution is 0.0983. The van der Waals surface area contributed by atoms with Gasteiger partial charge in [-0.05, 0) is 37.3 Å². The number of nitrogen functional groups attached to an aromatic ring is 1. The van der Waals surface area contributed by atoms with Gasteiger partial charge in [-0.1, -0.05) is 0 Å². The fourth-order valence-corrected chi connectivity index (χ4v) is 1.77. The van der Waals surface area contributed by atoms with Crippen LogP contribution in [0.2, 0.25) is 0 Å². The van der Waals surface area contributed by atoms with Crippen LogP contribution in [0.5, 0.6) is 0 Å². The zero-order valence-corrected chi connectivity index (χ0v) is 10.5. The Bertz CT molecular complexity index is 544. The van der Waals surface area contributed by atoms with Crippen molar-refractivity contribution >= 4 is 17.3 Å². The molecule has 0 saturated heterocycles. The van der Waals surface area contributed by atoms with Gasteiger partial charge in [-0.15, -0.1) is 0 Å². The molecule has 1 amide bonds. The van der Waals surface area contributed by atoms with Crippen molar-refractivity contribution in [3.63, 3.8) is 0 Å². The van der Waals surface area contributed by atoms with E-state index >= 15 is 0 Å². The molecule has 0 aliphatic carbocycles. The number of rotatable bonds is 3. The SMILES string of the molecule is CCN(C(=O)c1ccn(C)n1)c1ccc(N)cc1. The monoisotopic (exact) mass is 244 g/mol. The van der Waals surface area contributed by atoms with Crippen molar-refractivity contribution in [1.29, 1.82) is 0 Å². The Balaban J connectivity index is 2.28. The maximum absolute atomic E-state index is 12.3. The van der Waals surface area contributed by atoms with Gasteiger partial charge in [0.2, 0.25) is 0 Å². The summed E-state index contributed by atoms with van der Waals surface area (Å²) in [6, 6.07) is 8.94. The minimum absolute atomic E-state index is 0.108. The number of carbonyl (C=O) groups excluding carboxylic acids is 1. The smallest absolute Gasteiger partial charge is 0.278 e. The van der Waals surface area contributed by atoms with Crippen LogP contribution < -0.4 is 10.6 Å². The Morgan fingerprint density at radius 3 is 2.50 bits per heavy atom. The maximum Gasteiger partial charge on any atom is 0.278 e. The molecule has 2 N–H and O–H groups in total. The fraction of sp³-hybridized carbons (Fsp3) is 0.231. The van der Waals surface area contributed by atoms with Gasteiger partial charge >= 0.3 is 0 Å². The van der Waals surface area contributed by atoms with E-state index < -0.39 is 0 Å². The predicted molar refractivity (Wildman–Crippen MR) is 71.4 cm³/mol. The van der Waals surface area contributed by atoms with E-state index in [1.807, 2.05) is 19.1 Å². The zero-order valence-electron chi connectivity index (χ0n) is 10.5. The number of nitrogens with two attached hydrogens (primary N) is 1. The van der Waals surface area contributed by atoms with Gasteiger partial charge in [0.25, 0.3) is 5.91 Å². The van der Waals surface area contributed by atoms with E-state index in [-0.39, 0.29) is 5.91 Å². The number of anilines is 2. The van der Waals surface area contributed by atoms with Gasteiger partial charge in [-0.3, -0.25) is 9.48 Å². The third-order valence-corrected chi connectivity index (χ3v) is 2.70. The van der Waals surface area contributed by atoms with Crippen LogP contribution in [0.3, 0.4) is 0 Å². The van der Waals surface area contributed by atoms with Crippen LogP contribution >= 0.6 is 0 Å². The highest BCUT2D eigenvalue weighted by Crippen LogP contribution is 2.18. The molecule has 5 nitrogen and oxygen atoms in total. The predicted octanol–water partition coefficient (Wildman–Crippen LogP) is 1.67. The normalized spacial score (nSPS) is 10.3. The highest BCUT2D eigenvalue weighted by Gasteiger charge is 2.17. The van der Waals surface area contributed by atoms with Crippen LogP contribution in [-0.2, 0) is 7.05 Å². The third kappa shape index (κ3) is 2.34. The molecule has 2 rings (SSSR count). The Hall–Kier alpha value is -2.30. The van der Waals surface area contributed by atoms with Gasteiger partial charge in [-0.2, -0.15) is 5.10 Å². The topological polar surface area (TPSA) is 64.2 Å². The average Bonchev–Trinajstić information content (AvgIpc) is 2.79. The van der Waals surface area contributed by atoms with Crippen LogP contribution in [0.1, 0.15) is 17.4 Å². The van der Waals surface area contributed by atoms with Gasteiger partial charge in [0.05, 0.1) is 0 Å². The Kier molecular flexibility index (Phi) is 3.32. The van der Waals surface area contributed by atoms with Gasteiger partial charge in [0.15, 0.2) is 5.69 Å². The number of benzene rings is 1. The summed E-state index contributed by atoms with van der Waals surface area (Å²) in [5.74, 6) is -0.108. The molecule has 2 aromatic rings. The molecular formula is C13H16N4O. The minimum atomic E-state index is -0.108. The summed E-state index contributed by atoms with van der Waals surface area (Å²) in [7, 11) is 1.79. The molecule has 0 atom stereocenters. The molecule has 94 valence electrons. The van der Waals surface area contributed by atoms with Crippen molar-refractivity contribution in [3.05, 3.63) is 42.2 Å². The molecule has 5 heteroatoms. The number of aryl methyl sites for hydroxylation is 1. The number of hydrogen-bond acceptors (Lipinski definition) is 3. The molecule has 0 aliphatic heterocycles. The number of amides is 1. The third-order valence-electron chi connectivity index (χ3n) is 2.70.